The first kappa shape index (κ1) is 32.3. The van der Waals surface area contributed by atoms with Crippen molar-refractivity contribution in [3.05, 3.63) is 173 Å². The molecule has 1 aliphatic rings. The molecule has 0 bridgehead atoms. The summed E-state index contributed by atoms with van der Waals surface area (Å²) in [5.74, 6) is 0. The Hall–Kier alpha value is -5.58. The van der Waals surface area contributed by atoms with E-state index in [4.69, 9.17) is 0 Å². The van der Waals surface area contributed by atoms with E-state index in [9.17, 15) is 0 Å². The first-order valence-electron chi connectivity index (χ1n) is 18.2. The fourth-order valence-electron chi connectivity index (χ4n) is 9.11. The number of fused-ring (bicyclic) bond motifs is 5. The molecule has 1 aromatic heterocycles. The van der Waals surface area contributed by atoms with Gasteiger partial charge in [-0.1, -0.05) is 135 Å². The summed E-state index contributed by atoms with van der Waals surface area (Å²) < 4.78 is 2.62. The van der Waals surface area contributed by atoms with Crippen LogP contribution in [0.15, 0.2) is 140 Å². The topological polar surface area (TPSA) is 6.48 Å². The van der Waals surface area contributed by atoms with Gasteiger partial charge >= 0.3 is 0 Å². The van der Waals surface area contributed by atoms with Gasteiger partial charge in [0.25, 0.3) is 0 Å². The van der Waals surface area contributed by atoms with Crippen LogP contribution in [-0.4, -0.2) is 6.71 Å². The molecule has 0 aliphatic carbocycles. The zero-order chi connectivity index (χ0) is 35.7. The van der Waals surface area contributed by atoms with E-state index in [2.05, 4.69) is 191 Å². The Kier molecular flexibility index (Phi) is 7.82. The Morgan fingerprint density at radius 2 is 0.827 bits per heavy atom. The lowest BCUT2D eigenvalue weighted by molar-refractivity contribution is 1.18. The normalized spacial score (nSPS) is 12.3. The molecule has 4 heteroatoms. The summed E-state index contributed by atoms with van der Waals surface area (Å²) in [5.41, 5.74) is 19.2. The highest BCUT2D eigenvalue weighted by atomic mass is 32.1. The third-order valence-electron chi connectivity index (χ3n) is 10.9. The van der Waals surface area contributed by atoms with Crippen LogP contribution in [0.1, 0.15) is 33.4 Å². The average molecular weight is 689 g/mol. The summed E-state index contributed by atoms with van der Waals surface area (Å²) in [6, 6.07) is 51.8. The third-order valence-corrected chi connectivity index (χ3v) is 12.0. The van der Waals surface area contributed by atoms with E-state index < -0.39 is 0 Å². The quantitative estimate of drug-likeness (QED) is 0.166. The van der Waals surface area contributed by atoms with Gasteiger partial charge < -0.3 is 9.80 Å². The van der Waals surface area contributed by atoms with Gasteiger partial charge in [0.05, 0.1) is 28.4 Å². The van der Waals surface area contributed by atoms with Crippen molar-refractivity contribution >= 4 is 88.7 Å². The lowest BCUT2D eigenvalue weighted by Crippen LogP contribution is -2.56. The summed E-state index contributed by atoms with van der Waals surface area (Å²) in [6.45, 7) is 13.7. The zero-order valence-corrected chi connectivity index (χ0v) is 31.5. The van der Waals surface area contributed by atoms with Crippen LogP contribution in [0.25, 0.3) is 20.2 Å². The Bertz CT molecular complexity index is 2520. The van der Waals surface area contributed by atoms with E-state index in [0.29, 0.717) is 0 Å². The maximum absolute atomic E-state index is 2.51. The van der Waals surface area contributed by atoms with Crippen molar-refractivity contribution in [3.63, 3.8) is 0 Å². The first-order chi connectivity index (χ1) is 25.3. The highest BCUT2D eigenvalue weighted by molar-refractivity contribution is 7.26. The number of hydrogen-bond donors (Lipinski definition) is 0. The van der Waals surface area contributed by atoms with Crippen LogP contribution in [0.4, 0.5) is 34.1 Å². The molecule has 2 nitrogen and oxygen atoms in total. The van der Waals surface area contributed by atoms with Crippen LogP contribution in [0.3, 0.4) is 0 Å². The van der Waals surface area contributed by atoms with Gasteiger partial charge in [-0.3, -0.25) is 0 Å². The summed E-state index contributed by atoms with van der Waals surface area (Å²) >= 11 is 1.91. The van der Waals surface area contributed by atoms with Gasteiger partial charge in [0.15, 0.2) is 0 Å². The third kappa shape index (κ3) is 5.08. The molecular formula is C48H41BN2S. The minimum Gasteiger partial charge on any atom is -0.306 e. The Morgan fingerprint density at radius 1 is 0.404 bits per heavy atom. The summed E-state index contributed by atoms with van der Waals surface area (Å²) in [7, 11) is 0. The van der Waals surface area contributed by atoms with E-state index >= 15 is 0 Å². The van der Waals surface area contributed by atoms with Crippen LogP contribution in [0, 0.1) is 41.5 Å². The highest BCUT2D eigenvalue weighted by Gasteiger charge is 2.34. The number of aryl methyl sites for hydroxylation is 6. The van der Waals surface area contributed by atoms with Crippen molar-refractivity contribution in [2.24, 2.45) is 0 Å². The second-order valence-electron chi connectivity index (χ2n) is 14.5. The van der Waals surface area contributed by atoms with Crippen molar-refractivity contribution in [3.8, 4) is 0 Å². The van der Waals surface area contributed by atoms with Crippen LogP contribution in [0.5, 0.6) is 0 Å². The Labute approximate surface area is 311 Å². The number of anilines is 6. The summed E-state index contributed by atoms with van der Waals surface area (Å²) in [6.07, 6.45) is 0. The first-order valence-corrected chi connectivity index (χ1v) is 19.0. The Balaban J connectivity index is 1.37. The van der Waals surface area contributed by atoms with Gasteiger partial charge in [-0.2, -0.15) is 0 Å². The Morgan fingerprint density at radius 3 is 1.35 bits per heavy atom. The minimum absolute atomic E-state index is 0.0743. The predicted molar refractivity (Wildman–Crippen MR) is 228 cm³/mol. The second kappa shape index (κ2) is 12.6. The fraction of sp³-hybridized carbons (Fsp3) is 0.125. The number of para-hydroxylation sites is 5. The van der Waals surface area contributed by atoms with Crippen molar-refractivity contribution in [1.29, 1.82) is 0 Å². The second-order valence-corrected chi connectivity index (χ2v) is 15.6. The molecule has 0 amide bonds. The molecule has 7 aromatic carbocycles. The lowest BCUT2D eigenvalue weighted by Gasteiger charge is -2.40. The maximum atomic E-state index is 2.51. The molecular weight excluding hydrogens is 647 g/mol. The van der Waals surface area contributed by atoms with Crippen molar-refractivity contribution < 1.29 is 0 Å². The van der Waals surface area contributed by atoms with E-state index in [1.807, 2.05) is 11.3 Å². The van der Waals surface area contributed by atoms with Gasteiger partial charge in [-0.15, -0.1) is 11.3 Å². The number of nitrogens with zero attached hydrogens (tertiary/aromatic N) is 2. The number of benzene rings is 7. The van der Waals surface area contributed by atoms with Crippen LogP contribution in [-0.2, 0) is 0 Å². The van der Waals surface area contributed by atoms with Crippen LogP contribution < -0.4 is 26.2 Å². The predicted octanol–water partition coefficient (Wildman–Crippen LogP) is 11.7. The molecule has 0 saturated heterocycles. The molecule has 0 unspecified atom stereocenters. The summed E-state index contributed by atoms with van der Waals surface area (Å²) in [4.78, 5) is 4.91. The van der Waals surface area contributed by atoms with Gasteiger partial charge in [0.1, 0.15) is 0 Å². The van der Waals surface area contributed by atoms with Gasteiger partial charge in [-0.25, -0.2) is 0 Å². The molecule has 9 rings (SSSR count). The molecule has 0 atom stereocenters. The molecule has 52 heavy (non-hydrogen) atoms. The molecule has 0 saturated carbocycles. The molecule has 0 N–H and O–H groups in total. The standard InChI is InChI=1S/C48H41BN2S/c1-30-26-32(3)47(33(4)27-30)49(48-34(5)28-31(2)29-35(48)6)37-18-14-24-43-45(37)46-42(23-15-25-44(46)52-43)51-40-21-12-10-19-38(40)50(36-16-8-7-9-17-36)39-20-11-13-22-41(39)51/h7-29H,1-6H3. The van der Waals surface area contributed by atoms with Crippen molar-refractivity contribution in [2.75, 3.05) is 9.80 Å². The number of thiophene rings is 1. The molecule has 1 aliphatic heterocycles. The van der Waals surface area contributed by atoms with Crippen LogP contribution >= 0.6 is 11.3 Å². The highest BCUT2D eigenvalue weighted by Crippen LogP contribution is 2.55. The maximum Gasteiger partial charge on any atom is 0.243 e. The largest absolute Gasteiger partial charge is 0.306 e. The molecule has 0 spiro atoms. The van der Waals surface area contributed by atoms with Gasteiger partial charge in [0.2, 0.25) is 6.71 Å². The molecule has 2 heterocycles. The van der Waals surface area contributed by atoms with Gasteiger partial charge in [0, 0.05) is 20.5 Å². The molecule has 8 aromatic rings. The molecule has 0 radical (unpaired) electrons. The monoisotopic (exact) mass is 688 g/mol. The zero-order valence-electron chi connectivity index (χ0n) is 30.7. The number of rotatable bonds is 5. The molecule has 0 fully saturated rings. The van der Waals surface area contributed by atoms with E-state index in [1.165, 1.54) is 98.4 Å². The smallest absolute Gasteiger partial charge is 0.243 e. The SMILES string of the molecule is Cc1cc(C)c(B(c2c(C)cc(C)cc2C)c2cccc3sc4cccc(N5c6ccccc6N(c6ccccc6)c6ccccc65)c4c23)c(C)c1. The van der Waals surface area contributed by atoms with E-state index in [0.717, 1.165) is 5.69 Å². The minimum atomic E-state index is 0.0743. The molecule has 252 valence electrons. The van der Waals surface area contributed by atoms with E-state index in [-0.39, 0.29) is 6.71 Å². The number of hydrogen-bond acceptors (Lipinski definition) is 3. The summed E-state index contributed by atoms with van der Waals surface area (Å²) in [5, 5.41) is 2.66. The lowest BCUT2D eigenvalue weighted by atomic mass is 9.33. The van der Waals surface area contributed by atoms with Crippen LogP contribution in [0.2, 0.25) is 0 Å². The van der Waals surface area contributed by atoms with Crippen molar-refractivity contribution in [1.82, 2.24) is 0 Å². The average Bonchev–Trinajstić information content (AvgIpc) is 3.52. The van der Waals surface area contributed by atoms with E-state index in [1.54, 1.807) is 0 Å². The van der Waals surface area contributed by atoms with Gasteiger partial charge in [-0.05, 0) is 102 Å². The fourth-order valence-corrected chi connectivity index (χ4v) is 10.3. The van der Waals surface area contributed by atoms with Crippen molar-refractivity contribution in [2.45, 2.75) is 41.5 Å².